The first-order valence-electron chi connectivity index (χ1n) is 10.3. The Morgan fingerprint density at radius 2 is 1.65 bits per heavy atom. The highest BCUT2D eigenvalue weighted by atomic mass is 32.1. The number of hydrogen-bond acceptors (Lipinski definition) is 11. The Morgan fingerprint density at radius 3 is 2.24 bits per heavy atom. The largest absolute Gasteiger partial charge is 0.480 e. The van der Waals surface area contributed by atoms with Crippen LogP contribution in [-0.2, 0) is 33.4 Å². The van der Waals surface area contributed by atoms with Crippen LogP contribution in [0.5, 0.6) is 0 Å². The Hall–Kier alpha value is -3.11. The van der Waals surface area contributed by atoms with Crippen molar-refractivity contribution >= 4 is 48.3 Å². The minimum absolute atomic E-state index is 0.0708. The number of carbonyl (C=O) groups is 5. The normalized spacial score (nSPS) is 13.0. The fraction of sp³-hybridized carbons (Fsp3) is 0.667. The molecular formula is C18H33N7O8S. The summed E-state index contributed by atoms with van der Waals surface area (Å²) in [7, 11) is 0. The molecule has 15 nitrogen and oxygen atoms in total. The lowest BCUT2D eigenvalue weighted by molar-refractivity contribution is -0.153. The van der Waals surface area contributed by atoms with Crippen LogP contribution in [0.25, 0.3) is 0 Å². The Labute approximate surface area is 201 Å². The van der Waals surface area contributed by atoms with Gasteiger partial charge in [0, 0.05) is 18.7 Å². The minimum atomic E-state index is -1.24. The summed E-state index contributed by atoms with van der Waals surface area (Å²) in [6, 6.07) is -3.14. The Kier molecular flexibility index (Phi) is 15.8. The van der Waals surface area contributed by atoms with E-state index < -0.39 is 54.4 Å². The summed E-state index contributed by atoms with van der Waals surface area (Å²) < 4.78 is 9.73. The molecule has 16 heteroatoms. The van der Waals surface area contributed by atoms with Crippen LogP contribution >= 0.6 is 12.6 Å². The number of ether oxygens (including phenoxy) is 2. The molecule has 11 N–H and O–H groups in total. The molecule has 2 amide bonds. The molecule has 0 saturated carbocycles. The summed E-state index contributed by atoms with van der Waals surface area (Å²) in [4.78, 5) is 58.0. The van der Waals surface area contributed by atoms with E-state index in [9.17, 15) is 24.0 Å². The number of aliphatic carboxylic acids is 1. The van der Waals surface area contributed by atoms with E-state index in [0.29, 0.717) is 19.4 Å². The molecule has 0 aliphatic rings. The third-order valence-electron chi connectivity index (χ3n) is 4.14. The fourth-order valence-corrected chi connectivity index (χ4v) is 2.53. The highest BCUT2D eigenvalue weighted by Gasteiger charge is 2.21. The summed E-state index contributed by atoms with van der Waals surface area (Å²) in [5, 5.41) is 22.9. The summed E-state index contributed by atoms with van der Waals surface area (Å²) in [5.74, 6) is -4.27. The van der Waals surface area contributed by atoms with Gasteiger partial charge >= 0.3 is 17.9 Å². The quantitative estimate of drug-likeness (QED) is 0.0304. The number of hydrogen-bond donors (Lipinski definition) is 9. The van der Waals surface area contributed by atoms with Crippen LogP contribution in [0.1, 0.15) is 25.7 Å². The van der Waals surface area contributed by atoms with Gasteiger partial charge in [0.25, 0.3) is 0 Å². The maximum atomic E-state index is 12.1. The van der Waals surface area contributed by atoms with Gasteiger partial charge in [-0.25, -0.2) is 0 Å². The molecule has 0 radical (unpaired) electrons. The molecule has 0 spiro atoms. The maximum Gasteiger partial charge on any atom is 0.325 e. The van der Waals surface area contributed by atoms with E-state index >= 15 is 0 Å². The molecule has 0 aromatic carbocycles. The average molecular weight is 508 g/mol. The molecule has 0 aromatic rings. The standard InChI is InChI=1S/C18H33N7O8S/c19-10(16(29)30)3-4-13(26)25-12(9-34)15(28)24-8-14(27)32-6-7-33-17(31)11(20)2-1-5-23-18(21)22/h10-12,34H,1-9,19-20H2,(H,24,28)(H,25,26)(H,29,30)(H4,21,22,23)/t10-,11-,12-/m0/s1. The Bertz CT molecular complexity index is 724. The molecule has 0 aliphatic carbocycles. The Balaban J connectivity index is 4.10. The van der Waals surface area contributed by atoms with E-state index in [4.69, 9.17) is 37.2 Å². The lowest BCUT2D eigenvalue weighted by Crippen LogP contribution is -2.49. The van der Waals surface area contributed by atoms with Gasteiger partial charge in [0.2, 0.25) is 11.8 Å². The second kappa shape index (κ2) is 17.4. The first-order valence-corrected chi connectivity index (χ1v) is 10.9. The van der Waals surface area contributed by atoms with Crippen molar-refractivity contribution in [2.24, 2.45) is 17.2 Å². The molecule has 0 saturated heterocycles. The van der Waals surface area contributed by atoms with Crippen molar-refractivity contribution in [3.05, 3.63) is 0 Å². The van der Waals surface area contributed by atoms with Crippen LogP contribution in [0.3, 0.4) is 0 Å². The van der Waals surface area contributed by atoms with Crippen LogP contribution in [0.15, 0.2) is 0 Å². The minimum Gasteiger partial charge on any atom is -0.480 e. The number of amides is 2. The monoisotopic (exact) mass is 507 g/mol. The third-order valence-corrected chi connectivity index (χ3v) is 4.51. The van der Waals surface area contributed by atoms with Crippen LogP contribution in [0, 0.1) is 5.41 Å². The number of nitrogens with one attached hydrogen (secondary N) is 4. The van der Waals surface area contributed by atoms with Gasteiger partial charge in [0.15, 0.2) is 5.96 Å². The highest BCUT2D eigenvalue weighted by molar-refractivity contribution is 7.80. The van der Waals surface area contributed by atoms with Gasteiger partial charge in [0.1, 0.15) is 37.9 Å². The molecule has 0 aromatic heterocycles. The van der Waals surface area contributed by atoms with E-state index in [1.807, 2.05) is 0 Å². The number of nitrogens with two attached hydrogens (primary N) is 3. The van der Waals surface area contributed by atoms with E-state index in [0.717, 1.165) is 0 Å². The van der Waals surface area contributed by atoms with Crippen molar-refractivity contribution in [1.29, 1.82) is 5.41 Å². The molecule has 3 atom stereocenters. The highest BCUT2D eigenvalue weighted by Crippen LogP contribution is 1.98. The predicted octanol–water partition coefficient (Wildman–Crippen LogP) is -3.61. The number of carboxylic acids is 1. The van der Waals surface area contributed by atoms with Crippen LogP contribution < -0.4 is 33.2 Å². The molecule has 0 aliphatic heterocycles. The lowest BCUT2D eigenvalue weighted by Gasteiger charge is -2.16. The van der Waals surface area contributed by atoms with Crippen LogP contribution in [0.2, 0.25) is 0 Å². The van der Waals surface area contributed by atoms with Crippen molar-refractivity contribution in [3.8, 4) is 0 Å². The number of esters is 2. The zero-order valence-corrected chi connectivity index (χ0v) is 19.5. The van der Waals surface area contributed by atoms with Gasteiger partial charge < -0.3 is 47.7 Å². The number of guanidine groups is 1. The average Bonchev–Trinajstić information content (AvgIpc) is 2.79. The first kappa shape index (κ1) is 30.9. The van der Waals surface area contributed by atoms with Gasteiger partial charge in [-0.2, -0.15) is 12.6 Å². The van der Waals surface area contributed by atoms with Gasteiger partial charge in [-0.3, -0.25) is 29.4 Å². The topological polar surface area (TPSA) is 262 Å². The summed E-state index contributed by atoms with van der Waals surface area (Å²) in [6.07, 6.45) is 0.486. The zero-order valence-electron chi connectivity index (χ0n) is 18.6. The first-order chi connectivity index (χ1) is 16.0. The lowest BCUT2D eigenvalue weighted by atomic mass is 10.1. The SMILES string of the molecule is N=C(N)NCCC[C@H](N)C(=O)OCCOC(=O)CNC(=O)[C@H](CS)NC(=O)CC[C@H](N)C(=O)O. The van der Waals surface area contributed by atoms with Crippen molar-refractivity contribution < 1.29 is 38.6 Å². The van der Waals surface area contributed by atoms with Gasteiger partial charge in [-0.15, -0.1) is 0 Å². The third kappa shape index (κ3) is 14.9. The molecule has 0 bridgehead atoms. The number of carboxylic acid groups (broad SMARTS) is 1. The van der Waals surface area contributed by atoms with E-state index in [1.54, 1.807) is 0 Å². The van der Waals surface area contributed by atoms with E-state index in [-0.39, 0.29) is 37.8 Å². The second-order valence-corrected chi connectivity index (χ2v) is 7.35. The molecule has 0 fully saturated rings. The predicted molar refractivity (Wildman–Crippen MR) is 123 cm³/mol. The van der Waals surface area contributed by atoms with Crippen LogP contribution in [0.4, 0.5) is 0 Å². The van der Waals surface area contributed by atoms with Gasteiger partial charge in [-0.05, 0) is 19.3 Å². The molecule has 34 heavy (non-hydrogen) atoms. The maximum absolute atomic E-state index is 12.1. The van der Waals surface area contributed by atoms with Crippen molar-refractivity contribution in [2.75, 3.05) is 32.1 Å². The molecule has 0 rings (SSSR count). The van der Waals surface area contributed by atoms with E-state index in [2.05, 4.69) is 28.6 Å². The van der Waals surface area contributed by atoms with Crippen molar-refractivity contribution in [2.45, 2.75) is 43.8 Å². The summed E-state index contributed by atoms with van der Waals surface area (Å²) in [5.41, 5.74) is 16.1. The number of thiol groups is 1. The molecule has 0 unspecified atom stereocenters. The zero-order chi connectivity index (χ0) is 26.1. The number of rotatable bonds is 17. The fourth-order valence-electron chi connectivity index (χ4n) is 2.27. The van der Waals surface area contributed by atoms with Crippen molar-refractivity contribution in [1.82, 2.24) is 16.0 Å². The number of carbonyl (C=O) groups excluding carboxylic acids is 4. The second-order valence-electron chi connectivity index (χ2n) is 6.98. The van der Waals surface area contributed by atoms with Crippen molar-refractivity contribution in [3.63, 3.8) is 0 Å². The van der Waals surface area contributed by atoms with Gasteiger partial charge in [-0.1, -0.05) is 0 Å². The Morgan fingerprint density at radius 1 is 1.00 bits per heavy atom. The summed E-state index contributed by atoms with van der Waals surface area (Å²) >= 11 is 3.97. The molecule has 0 heterocycles. The molecular weight excluding hydrogens is 474 g/mol. The summed E-state index contributed by atoms with van der Waals surface area (Å²) in [6.45, 7) is -0.600. The van der Waals surface area contributed by atoms with Crippen LogP contribution in [-0.4, -0.2) is 91.0 Å². The van der Waals surface area contributed by atoms with Gasteiger partial charge in [0.05, 0.1) is 0 Å². The van der Waals surface area contributed by atoms with E-state index in [1.165, 1.54) is 0 Å². The smallest absolute Gasteiger partial charge is 0.325 e. The molecule has 194 valence electrons.